The minimum absolute atomic E-state index is 0.000400. The van der Waals surface area contributed by atoms with E-state index in [1.165, 1.54) is 11.3 Å². The highest BCUT2D eigenvalue weighted by atomic mass is 35.5. The van der Waals surface area contributed by atoms with Crippen molar-refractivity contribution in [2.75, 3.05) is 0 Å². The number of carbonyl (C=O) groups excluding carboxylic acids is 1. The third kappa shape index (κ3) is 4.87. The first kappa shape index (κ1) is 25.5. The second-order valence-electron chi connectivity index (χ2n) is 9.10. The van der Waals surface area contributed by atoms with Gasteiger partial charge in [-0.15, -0.1) is 11.3 Å². The van der Waals surface area contributed by atoms with Gasteiger partial charge in [-0.25, -0.2) is 4.79 Å². The van der Waals surface area contributed by atoms with Crippen LogP contribution in [0.25, 0.3) is 10.1 Å². The zero-order valence-electron chi connectivity index (χ0n) is 21.0. The summed E-state index contributed by atoms with van der Waals surface area (Å²) < 4.78 is 18.3. The molecule has 0 spiro atoms. The molecule has 1 aliphatic heterocycles. The average Bonchev–Trinajstić information content (AvgIpc) is 3.32. The number of halogens is 1. The van der Waals surface area contributed by atoms with Crippen molar-refractivity contribution in [1.82, 2.24) is 0 Å². The molecule has 1 aliphatic rings. The summed E-state index contributed by atoms with van der Waals surface area (Å²) >= 11 is 7.73. The van der Waals surface area contributed by atoms with Crippen molar-refractivity contribution in [2.45, 2.75) is 12.5 Å². The molecule has 4 aromatic carbocycles. The van der Waals surface area contributed by atoms with Crippen molar-refractivity contribution >= 4 is 39.0 Å². The topological polar surface area (TPSA) is 94.6 Å². The Kier molecular flexibility index (Phi) is 6.87. The molecule has 1 unspecified atom stereocenters. The van der Waals surface area contributed by atoms with Crippen LogP contribution in [-0.4, -0.2) is 5.97 Å². The van der Waals surface area contributed by atoms with Gasteiger partial charge in [-0.2, -0.15) is 5.26 Å². The summed E-state index contributed by atoms with van der Waals surface area (Å²) in [4.78, 5) is 13.3. The van der Waals surface area contributed by atoms with Crippen molar-refractivity contribution in [1.29, 1.82) is 5.26 Å². The summed E-state index contributed by atoms with van der Waals surface area (Å²) in [6.07, 6.45) is 0. The van der Waals surface area contributed by atoms with Gasteiger partial charge in [0.15, 0.2) is 0 Å². The van der Waals surface area contributed by atoms with Crippen molar-refractivity contribution in [3.63, 3.8) is 0 Å². The highest BCUT2D eigenvalue weighted by Crippen LogP contribution is 2.44. The molecule has 5 aromatic rings. The molecule has 0 saturated carbocycles. The first-order chi connectivity index (χ1) is 19.5. The van der Waals surface area contributed by atoms with Gasteiger partial charge in [0.2, 0.25) is 5.88 Å². The van der Waals surface area contributed by atoms with Gasteiger partial charge in [0.25, 0.3) is 0 Å². The van der Waals surface area contributed by atoms with E-state index in [9.17, 15) is 10.1 Å². The first-order valence-electron chi connectivity index (χ1n) is 12.4. The van der Waals surface area contributed by atoms with Crippen LogP contribution in [0.3, 0.4) is 0 Å². The maximum atomic E-state index is 13.0. The number of rotatable bonds is 6. The van der Waals surface area contributed by atoms with Crippen LogP contribution in [0.2, 0.25) is 5.02 Å². The minimum atomic E-state index is -0.564. The van der Waals surface area contributed by atoms with Gasteiger partial charge in [0.1, 0.15) is 40.4 Å². The van der Waals surface area contributed by atoms with E-state index in [1.807, 2.05) is 78.9 Å². The summed E-state index contributed by atoms with van der Waals surface area (Å²) in [5.41, 5.74) is 9.10. The Hall–Kier alpha value is -4.77. The molecule has 0 bridgehead atoms. The number of hydrogen-bond acceptors (Lipinski definition) is 7. The maximum absolute atomic E-state index is 13.0. The van der Waals surface area contributed by atoms with Crippen LogP contribution >= 0.6 is 22.9 Å². The monoisotopic (exact) mass is 564 g/mol. The number of nitriles is 1. The van der Waals surface area contributed by atoms with Gasteiger partial charge in [0.05, 0.1) is 10.9 Å². The second-order valence-corrected chi connectivity index (χ2v) is 10.5. The number of hydrogen-bond donors (Lipinski definition) is 1. The Morgan fingerprint density at radius 1 is 0.975 bits per heavy atom. The van der Waals surface area contributed by atoms with Crippen LogP contribution < -0.4 is 19.9 Å². The number of carbonyl (C=O) groups is 1. The molecule has 1 atom stereocenters. The normalized spacial score (nSPS) is 14.2. The molecular formula is C32H21ClN2O4S. The van der Waals surface area contributed by atoms with Gasteiger partial charge in [-0.1, -0.05) is 78.3 Å². The van der Waals surface area contributed by atoms with E-state index in [0.717, 1.165) is 26.8 Å². The lowest BCUT2D eigenvalue weighted by molar-refractivity contribution is 0.0740. The second kappa shape index (κ2) is 10.8. The standard InChI is InChI=1S/C32H21ClN2O4S/c33-29-24-8-4-5-9-27(24)40-30(29)32(36)38-22-14-15-23-26(16-22)39-31(35)25(17-34)28(23)20-10-12-21(13-11-20)37-18-19-6-2-1-3-7-19/h1-16,28H,18,35H2. The molecule has 2 N–H and O–H groups in total. The third-order valence-corrected chi connectivity index (χ3v) is 8.24. The van der Waals surface area contributed by atoms with Crippen molar-refractivity contribution in [3.8, 4) is 23.3 Å². The number of ether oxygens (including phenoxy) is 3. The molecule has 196 valence electrons. The zero-order chi connectivity index (χ0) is 27.6. The van der Waals surface area contributed by atoms with Gasteiger partial charge < -0.3 is 19.9 Å². The van der Waals surface area contributed by atoms with Gasteiger partial charge in [-0.3, -0.25) is 0 Å². The highest BCUT2D eigenvalue weighted by molar-refractivity contribution is 7.21. The van der Waals surface area contributed by atoms with E-state index < -0.39 is 11.9 Å². The molecule has 0 saturated heterocycles. The summed E-state index contributed by atoms with van der Waals surface area (Å²) in [6.45, 7) is 0.449. The average molecular weight is 565 g/mol. The number of fused-ring (bicyclic) bond motifs is 2. The predicted octanol–water partition coefficient (Wildman–Crippen LogP) is 7.57. The summed E-state index contributed by atoms with van der Waals surface area (Å²) in [7, 11) is 0. The van der Waals surface area contributed by atoms with E-state index in [2.05, 4.69) is 6.07 Å². The van der Waals surface area contributed by atoms with Crippen molar-refractivity contribution in [3.05, 3.63) is 135 Å². The number of nitrogens with zero attached hydrogens (tertiary/aromatic N) is 1. The minimum Gasteiger partial charge on any atom is -0.489 e. The molecule has 6 rings (SSSR count). The Morgan fingerprint density at radius 3 is 2.45 bits per heavy atom. The Bertz CT molecular complexity index is 1810. The Morgan fingerprint density at radius 2 is 1.70 bits per heavy atom. The Labute approximate surface area is 239 Å². The highest BCUT2D eigenvalue weighted by Gasteiger charge is 2.31. The largest absolute Gasteiger partial charge is 0.489 e. The van der Waals surface area contributed by atoms with Crippen LogP contribution in [0.1, 0.15) is 32.3 Å². The quantitative estimate of drug-likeness (QED) is 0.169. The molecule has 40 heavy (non-hydrogen) atoms. The fourth-order valence-corrected chi connectivity index (χ4v) is 6.02. The van der Waals surface area contributed by atoms with E-state index in [1.54, 1.807) is 18.2 Å². The molecule has 0 amide bonds. The number of esters is 1. The predicted molar refractivity (Wildman–Crippen MR) is 155 cm³/mol. The van der Waals surface area contributed by atoms with E-state index in [-0.39, 0.29) is 11.6 Å². The molecular weight excluding hydrogens is 544 g/mol. The van der Waals surface area contributed by atoms with Crippen molar-refractivity contribution < 1.29 is 19.0 Å². The van der Waals surface area contributed by atoms with Crippen molar-refractivity contribution in [2.24, 2.45) is 5.73 Å². The molecule has 0 radical (unpaired) electrons. The summed E-state index contributed by atoms with van der Waals surface area (Å²) in [6, 6.07) is 32.2. The van der Waals surface area contributed by atoms with Crippen LogP contribution in [0.15, 0.2) is 109 Å². The maximum Gasteiger partial charge on any atom is 0.355 e. The lowest BCUT2D eigenvalue weighted by atomic mass is 9.83. The fraction of sp³-hybridized carbons (Fsp3) is 0.0625. The van der Waals surface area contributed by atoms with Crippen LogP contribution in [-0.2, 0) is 6.61 Å². The fourth-order valence-electron chi connectivity index (χ4n) is 4.64. The van der Waals surface area contributed by atoms with Crippen LogP contribution in [0.4, 0.5) is 0 Å². The SMILES string of the molecule is N#CC1=C(N)Oc2cc(OC(=O)c3sc4ccccc4c3Cl)ccc2C1c1ccc(OCc2ccccc2)cc1. The summed E-state index contributed by atoms with van der Waals surface area (Å²) in [5.74, 6) is 0.356. The molecule has 1 aromatic heterocycles. The first-order valence-corrected chi connectivity index (χ1v) is 13.6. The lowest BCUT2D eigenvalue weighted by Crippen LogP contribution is -2.21. The van der Waals surface area contributed by atoms with Crippen LogP contribution in [0, 0.1) is 11.3 Å². The molecule has 6 nitrogen and oxygen atoms in total. The number of nitrogens with two attached hydrogens (primary N) is 1. The van der Waals surface area contributed by atoms with Crippen LogP contribution in [0.5, 0.6) is 17.2 Å². The van der Waals surface area contributed by atoms with Gasteiger partial charge in [-0.05, 0) is 35.4 Å². The third-order valence-electron chi connectivity index (χ3n) is 6.58. The lowest BCUT2D eigenvalue weighted by Gasteiger charge is -2.26. The summed E-state index contributed by atoms with van der Waals surface area (Å²) in [5, 5.41) is 11.1. The van der Waals surface area contributed by atoms with E-state index in [0.29, 0.717) is 33.6 Å². The molecule has 0 fully saturated rings. The number of thiophene rings is 1. The zero-order valence-corrected chi connectivity index (χ0v) is 22.5. The molecule has 0 aliphatic carbocycles. The molecule has 2 heterocycles. The van der Waals surface area contributed by atoms with E-state index >= 15 is 0 Å². The smallest absolute Gasteiger partial charge is 0.355 e. The van der Waals surface area contributed by atoms with E-state index in [4.69, 9.17) is 31.5 Å². The van der Waals surface area contributed by atoms with Gasteiger partial charge in [0, 0.05) is 21.7 Å². The number of benzene rings is 4. The number of allylic oxidation sites excluding steroid dienone is 1. The molecule has 8 heteroatoms. The Balaban J connectivity index is 1.25. The van der Waals surface area contributed by atoms with Gasteiger partial charge >= 0.3 is 5.97 Å².